The van der Waals surface area contributed by atoms with E-state index in [0.29, 0.717) is 42.9 Å². The molecule has 1 atom stereocenters. The van der Waals surface area contributed by atoms with Gasteiger partial charge < -0.3 is 10.4 Å². The summed E-state index contributed by atoms with van der Waals surface area (Å²) in [6, 6.07) is 9.75. The third kappa shape index (κ3) is 4.51. The van der Waals surface area contributed by atoms with E-state index in [0.717, 1.165) is 12.1 Å². The van der Waals surface area contributed by atoms with Crippen LogP contribution >= 0.6 is 0 Å². The summed E-state index contributed by atoms with van der Waals surface area (Å²) in [6.45, 7) is 0.771. The Kier molecular flexibility index (Phi) is 6.02. The van der Waals surface area contributed by atoms with Crippen molar-refractivity contribution in [1.82, 2.24) is 10.2 Å². The first-order chi connectivity index (χ1) is 13.2. The Hall–Kier alpha value is -2.03. The van der Waals surface area contributed by atoms with Gasteiger partial charge in [0.05, 0.1) is 5.56 Å². The smallest absolute Gasteiger partial charge is 0.390 e. The highest BCUT2D eigenvalue weighted by Crippen LogP contribution is 2.37. The van der Waals surface area contributed by atoms with E-state index in [2.05, 4.69) is 5.32 Å². The summed E-state index contributed by atoms with van der Waals surface area (Å²) in [5, 5.41) is 12.3. The highest BCUT2D eigenvalue weighted by molar-refractivity contribution is 5.64. The minimum Gasteiger partial charge on any atom is -0.390 e. The van der Waals surface area contributed by atoms with Gasteiger partial charge in [-0.1, -0.05) is 36.4 Å². The number of nitrogens with zero attached hydrogens (tertiary/aromatic N) is 1. The number of aliphatic hydroxyl groups is 1. The van der Waals surface area contributed by atoms with Crippen molar-refractivity contribution in [1.29, 1.82) is 0 Å². The van der Waals surface area contributed by atoms with Crippen LogP contribution in [0.2, 0.25) is 0 Å². The summed E-state index contributed by atoms with van der Waals surface area (Å²) in [4.78, 5) is 1.64. The zero-order valence-corrected chi connectivity index (χ0v) is 15.0. The van der Waals surface area contributed by atoms with Crippen molar-refractivity contribution in [2.24, 2.45) is 0 Å². The molecule has 152 valence electrons. The topological polar surface area (TPSA) is 35.5 Å². The molecule has 1 fully saturated rings. The Morgan fingerprint density at radius 3 is 1.82 bits per heavy atom. The largest absolute Gasteiger partial charge is 0.416 e. The van der Waals surface area contributed by atoms with Crippen LogP contribution in [0.3, 0.4) is 0 Å². The molecule has 0 amide bonds. The first-order valence-corrected chi connectivity index (χ1v) is 8.93. The van der Waals surface area contributed by atoms with Gasteiger partial charge in [-0.15, -0.1) is 0 Å². The van der Waals surface area contributed by atoms with Gasteiger partial charge >= 0.3 is 6.18 Å². The molecule has 1 heterocycles. The van der Waals surface area contributed by atoms with E-state index >= 15 is 0 Å². The summed E-state index contributed by atoms with van der Waals surface area (Å²) in [6.07, 6.45) is -4.41. The van der Waals surface area contributed by atoms with Crippen molar-refractivity contribution in [2.75, 3.05) is 32.8 Å². The van der Waals surface area contributed by atoms with Gasteiger partial charge in [0.1, 0.15) is 12.6 Å². The van der Waals surface area contributed by atoms with Crippen molar-refractivity contribution in [3.05, 3.63) is 59.7 Å². The summed E-state index contributed by atoms with van der Waals surface area (Å²) in [7, 11) is 0. The van der Waals surface area contributed by atoms with Crippen molar-refractivity contribution in [3.63, 3.8) is 0 Å². The van der Waals surface area contributed by atoms with E-state index in [1.54, 1.807) is 29.2 Å². The van der Waals surface area contributed by atoms with Crippen molar-refractivity contribution < 1.29 is 27.1 Å². The number of halogens is 5. The molecule has 2 N–H and O–H groups in total. The molecular weight excluding hydrogens is 379 g/mol. The Morgan fingerprint density at radius 2 is 1.36 bits per heavy atom. The molecule has 1 aliphatic heterocycles. The highest BCUT2D eigenvalue weighted by atomic mass is 19.4. The minimum absolute atomic E-state index is 0.358. The zero-order valence-electron chi connectivity index (χ0n) is 15.0. The number of nitrogens with one attached hydrogen (secondary N) is 1. The fourth-order valence-electron chi connectivity index (χ4n) is 3.46. The Bertz CT molecular complexity index is 769. The third-order valence-corrected chi connectivity index (χ3v) is 4.90. The van der Waals surface area contributed by atoms with Gasteiger partial charge in [0.2, 0.25) is 0 Å². The van der Waals surface area contributed by atoms with Crippen LogP contribution in [0.25, 0.3) is 11.1 Å². The molecule has 8 heteroatoms. The number of hydrogen-bond acceptors (Lipinski definition) is 3. The molecular formula is C20H21F5N2O. The number of aliphatic hydroxyl groups excluding tert-OH is 1. The Morgan fingerprint density at radius 1 is 0.857 bits per heavy atom. The van der Waals surface area contributed by atoms with Gasteiger partial charge in [-0.25, -0.2) is 8.78 Å². The van der Waals surface area contributed by atoms with Gasteiger partial charge in [-0.05, 0) is 28.8 Å². The minimum atomic E-state index is -4.41. The summed E-state index contributed by atoms with van der Waals surface area (Å²) in [5.74, 6) is -3.31. The van der Waals surface area contributed by atoms with Crippen LogP contribution in [0.15, 0.2) is 48.5 Å². The van der Waals surface area contributed by atoms with Gasteiger partial charge in [0.25, 0.3) is 5.92 Å². The van der Waals surface area contributed by atoms with Crippen molar-refractivity contribution in [2.45, 2.75) is 18.1 Å². The van der Waals surface area contributed by atoms with Gasteiger partial charge in [0, 0.05) is 26.2 Å². The quantitative estimate of drug-likeness (QED) is 0.747. The normalized spacial score (nSPS) is 17.5. The number of hydrogen-bond donors (Lipinski definition) is 2. The summed E-state index contributed by atoms with van der Waals surface area (Å²) >= 11 is 0. The van der Waals surface area contributed by atoms with Crippen LogP contribution in [0, 0.1) is 0 Å². The van der Waals surface area contributed by atoms with Crippen LogP contribution in [0.1, 0.15) is 17.2 Å². The molecule has 3 rings (SSSR count). The highest BCUT2D eigenvalue weighted by Gasteiger charge is 2.44. The van der Waals surface area contributed by atoms with Crippen molar-refractivity contribution >= 4 is 0 Å². The van der Waals surface area contributed by atoms with Crippen LogP contribution in [-0.2, 0) is 6.18 Å². The standard InChI is InChI=1S/C20H21F5N2O/c21-19(22,13-28)18(27-11-9-26-10-12-27)16-3-1-14(2-4-16)15-5-7-17(8-6-15)20(23,24)25/h1-8,18,26,28H,9-13H2/t18-/m0/s1. The van der Waals surface area contributed by atoms with E-state index < -0.39 is 30.3 Å². The van der Waals surface area contributed by atoms with E-state index in [-0.39, 0.29) is 0 Å². The molecule has 0 unspecified atom stereocenters. The predicted octanol–water partition coefficient (Wildman–Crippen LogP) is 3.95. The molecule has 28 heavy (non-hydrogen) atoms. The van der Waals surface area contributed by atoms with Gasteiger partial charge in [0.15, 0.2) is 0 Å². The molecule has 0 bridgehead atoms. The van der Waals surface area contributed by atoms with E-state index in [1.165, 1.54) is 12.1 Å². The third-order valence-electron chi connectivity index (χ3n) is 4.90. The SMILES string of the molecule is OCC(F)(F)[C@H](c1ccc(-c2ccc(C(F)(F)F)cc2)cc1)N1CCNCC1. The predicted molar refractivity (Wildman–Crippen MR) is 96.1 cm³/mol. The molecule has 0 radical (unpaired) electrons. The maximum Gasteiger partial charge on any atom is 0.416 e. The average molecular weight is 400 g/mol. The number of benzene rings is 2. The molecule has 1 saturated heterocycles. The molecule has 0 spiro atoms. The second-order valence-corrected chi connectivity index (χ2v) is 6.80. The molecule has 0 saturated carbocycles. The summed E-state index contributed by atoms with van der Waals surface area (Å²) in [5.41, 5.74) is 0.807. The second-order valence-electron chi connectivity index (χ2n) is 6.80. The lowest BCUT2D eigenvalue weighted by Gasteiger charge is -2.38. The van der Waals surface area contributed by atoms with Gasteiger partial charge in [-0.3, -0.25) is 4.90 Å². The maximum absolute atomic E-state index is 14.4. The van der Waals surface area contributed by atoms with Crippen molar-refractivity contribution in [3.8, 4) is 11.1 Å². The maximum atomic E-state index is 14.4. The van der Waals surface area contributed by atoms with E-state index in [1.807, 2.05) is 0 Å². The lowest BCUT2D eigenvalue weighted by molar-refractivity contribution is -0.137. The van der Waals surface area contributed by atoms with E-state index in [4.69, 9.17) is 0 Å². The Balaban J connectivity index is 1.86. The lowest BCUT2D eigenvalue weighted by atomic mass is 9.95. The average Bonchev–Trinajstić information content (AvgIpc) is 2.69. The molecule has 0 aromatic heterocycles. The number of rotatable bonds is 5. The molecule has 1 aliphatic rings. The fourth-order valence-corrected chi connectivity index (χ4v) is 3.46. The second kappa shape index (κ2) is 8.14. The van der Waals surface area contributed by atoms with E-state index in [9.17, 15) is 27.1 Å². The number of alkyl halides is 5. The van der Waals surface area contributed by atoms with Crippen LogP contribution < -0.4 is 5.32 Å². The van der Waals surface area contributed by atoms with Crippen LogP contribution in [0.4, 0.5) is 22.0 Å². The first kappa shape index (κ1) is 20.7. The van der Waals surface area contributed by atoms with Crippen LogP contribution in [0.5, 0.6) is 0 Å². The van der Waals surface area contributed by atoms with Crippen LogP contribution in [-0.4, -0.2) is 48.7 Å². The first-order valence-electron chi connectivity index (χ1n) is 8.93. The Labute approximate surface area is 159 Å². The fraction of sp³-hybridized carbons (Fsp3) is 0.400. The molecule has 0 aliphatic carbocycles. The lowest BCUT2D eigenvalue weighted by Crippen LogP contribution is -2.51. The zero-order chi connectivity index (χ0) is 20.4. The molecule has 2 aromatic rings. The summed E-state index contributed by atoms with van der Waals surface area (Å²) < 4.78 is 67.0. The number of piperazine rings is 1. The monoisotopic (exact) mass is 400 g/mol. The molecule has 2 aromatic carbocycles. The molecule has 3 nitrogen and oxygen atoms in total. The van der Waals surface area contributed by atoms with Gasteiger partial charge in [-0.2, -0.15) is 13.2 Å².